The summed E-state index contributed by atoms with van der Waals surface area (Å²) in [5, 5.41) is 26.7. The molecular formula is C8H17NO4. The van der Waals surface area contributed by atoms with Crippen LogP contribution in [-0.4, -0.2) is 65.0 Å². The Balaban J connectivity index is 4.25. The van der Waals surface area contributed by atoms with Gasteiger partial charge in [0.1, 0.15) is 12.2 Å². The molecule has 78 valence electrons. The number of rotatable bonds is 5. The number of carbonyl (C=O) groups is 1. The number of likely N-dealkylation sites (N-methyl/N-ethyl adjacent to an activating group) is 1. The lowest BCUT2D eigenvalue weighted by molar-refractivity contribution is -0.138. The molecule has 0 spiro atoms. The lowest BCUT2D eigenvalue weighted by Gasteiger charge is -2.23. The van der Waals surface area contributed by atoms with Gasteiger partial charge in [0.05, 0.1) is 12.6 Å². The van der Waals surface area contributed by atoms with Crippen LogP contribution < -0.4 is 0 Å². The van der Waals surface area contributed by atoms with E-state index < -0.39 is 30.6 Å². The van der Waals surface area contributed by atoms with Crippen molar-refractivity contribution in [1.29, 1.82) is 0 Å². The number of ketones is 1. The van der Waals surface area contributed by atoms with Crippen LogP contribution in [0.4, 0.5) is 0 Å². The number of hydrogen-bond acceptors (Lipinski definition) is 5. The summed E-state index contributed by atoms with van der Waals surface area (Å²) in [5.41, 5.74) is 0. The van der Waals surface area contributed by atoms with E-state index in [9.17, 15) is 9.90 Å². The van der Waals surface area contributed by atoms with Gasteiger partial charge in [0.15, 0.2) is 5.78 Å². The first-order chi connectivity index (χ1) is 5.91. The minimum atomic E-state index is -1.51. The van der Waals surface area contributed by atoms with E-state index >= 15 is 0 Å². The van der Waals surface area contributed by atoms with Crippen molar-refractivity contribution in [2.24, 2.45) is 0 Å². The van der Waals surface area contributed by atoms with Crippen molar-refractivity contribution in [3.05, 3.63) is 0 Å². The van der Waals surface area contributed by atoms with Gasteiger partial charge in [-0.3, -0.25) is 9.69 Å². The van der Waals surface area contributed by atoms with E-state index in [1.165, 1.54) is 0 Å². The number of hydrogen-bond donors (Lipinski definition) is 3. The lowest BCUT2D eigenvalue weighted by Crippen LogP contribution is -2.45. The third kappa shape index (κ3) is 3.40. The number of Topliss-reactive ketones (excluding diaryl/α,β-unsaturated/α-hetero) is 1. The summed E-state index contributed by atoms with van der Waals surface area (Å²) in [6.45, 7) is 1.00. The molecule has 3 unspecified atom stereocenters. The van der Waals surface area contributed by atoms with Crippen LogP contribution in [0.25, 0.3) is 0 Å². The van der Waals surface area contributed by atoms with Crippen molar-refractivity contribution in [3.8, 4) is 0 Å². The highest BCUT2D eigenvalue weighted by Crippen LogP contribution is 2.02. The molecule has 0 heterocycles. The van der Waals surface area contributed by atoms with E-state index in [1.807, 2.05) is 0 Å². The summed E-state index contributed by atoms with van der Waals surface area (Å²) in [6, 6.07) is -0.476. The Morgan fingerprint density at radius 1 is 1.38 bits per heavy atom. The third-order valence-electron chi connectivity index (χ3n) is 2.03. The van der Waals surface area contributed by atoms with Crippen LogP contribution in [0.5, 0.6) is 0 Å². The first-order valence-corrected chi connectivity index (χ1v) is 4.09. The Hall–Kier alpha value is -0.490. The van der Waals surface area contributed by atoms with Gasteiger partial charge in [0.2, 0.25) is 0 Å². The normalized spacial score (nSPS) is 18.4. The van der Waals surface area contributed by atoms with E-state index in [1.54, 1.807) is 25.9 Å². The Morgan fingerprint density at radius 3 is 2.15 bits per heavy atom. The summed E-state index contributed by atoms with van der Waals surface area (Å²) in [4.78, 5) is 12.9. The smallest absolute Gasteiger partial charge is 0.180 e. The van der Waals surface area contributed by atoms with Gasteiger partial charge in [-0.1, -0.05) is 0 Å². The second kappa shape index (κ2) is 5.29. The number of aliphatic hydroxyl groups excluding tert-OH is 3. The highest BCUT2D eigenvalue weighted by Gasteiger charge is 2.28. The zero-order chi connectivity index (χ0) is 10.6. The van der Waals surface area contributed by atoms with Crippen molar-refractivity contribution in [2.45, 2.75) is 25.2 Å². The molecule has 3 N–H and O–H groups in total. The highest BCUT2D eigenvalue weighted by molar-refractivity contribution is 5.88. The molecule has 0 aromatic carbocycles. The molecule has 0 aromatic rings. The van der Waals surface area contributed by atoms with Crippen molar-refractivity contribution >= 4 is 5.78 Å². The van der Waals surface area contributed by atoms with Gasteiger partial charge in [-0.25, -0.2) is 0 Å². The van der Waals surface area contributed by atoms with E-state index in [0.717, 1.165) is 0 Å². The monoisotopic (exact) mass is 191 g/mol. The average Bonchev–Trinajstić information content (AvgIpc) is 2.12. The second-order valence-corrected chi connectivity index (χ2v) is 3.24. The van der Waals surface area contributed by atoms with Gasteiger partial charge < -0.3 is 15.3 Å². The van der Waals surface area contributed by atoms with Crippen LogP contribution in [0.15, 0.2) is 0 Å². The van der Waals surface area contributed by atoms with Crippen LogP contribution in [0.2, 0.25) is 0 Å². The Bertz CT molecular complexity index is 172. The van der Waals surface area contributed by atoms with Crippen molar-refractivity contribution in [1.82, 2.24) is 4.90 Å². The minimum Gasteiger partial charge on any atom is -0.394 e. The zero-order valence-corrected chi connectivity index (χ0v) is 8.14. The average molecular weight is 191 g/mol. The van der Waals surface area contributed by atoms with Gasteiger partial charge in [-0.05, 0) is 21.0 Å². The molecule has 0 saturated heterocycles. The predicted molar refractivity (Wildman–Crippen MR) is 47.3 cm³/mol. The molecule has 5 heteroatoms. The van der Waals surface area contributed by atoms with Crippen molar-refractivity contribution in [3.63, 3.8) is 0 Å². The fraction of sp³-hybridized carbons (Fsp3) is 0.875. The van der Waals surface area contributed by atoms with Gasteiger partial charge in [0, 0.05) is 0 Å². The highest BCUT2D eigenvalue weighted by atomic mass is 16.4. The molecule has 0 aromatic heterocycles. The number of aliphatic hydroxyl groups is 3. The van der Waals surface area contributed by atoms with Crippen LogP contribution in [0.3, 0.4) is 0 Å². The number of carbonyl (C=O) groups excluding carboxylic acids is 1. The van der Waals surface area contributed by atoms with E-state index in [0.29, 0.717) is 0 Å². The van der Waals surface area contributed by atoms with Crippen LogP contribution in [0.1, 0.15) is 6.92 Å². The minimum absolute atomic E-state index is 0.476. The standard InChI is InChI=1S/C8H17NO4/c1-5(9(2)3)7(12)8(13)6(11)4-10/h5-6,8,10-11,13H,4H2,1-3H3. The molecule has 0 aliphatic heterocycles. The summed E-state index contributed by atoms with van der Waals surface area (Å²) >= 11 is 0. The Labute approximate surface area is 77.6 Å². The summed E-state index contributed by atoms with van der Waals surface area (Å²) < 4.78 is 0. The first-order valence-electron chi connectivity index (χ1n) is 4.09. The Morgan fingerprint density at radius 2 is 1.85 bits per heavy atom. The Kier molecular flexibility index (Phi) is 5.09. The molecular weight excluding hydrogens is 174 g/mol. The zero-order valence-electron chi connectivity index (χ0n) is 8.14. The largest absolute Gasteiger partial charge is 0.394 e. The molecule has 0 aliphatic carbocycles. The first kappa shape index (κ1) is 12.5. The van der Waals surface area contributed by atoms with Gasteiger partial charge >= 0.3 is 0 Å². The topological polar surface area (TPSA) is 81.0 Å². The van der Waals surface area contributed by atoms with Gasteiger partial charge in [0.25, 0.3) is 0 Å². The molecule has 0 amide bonds. The molecule has 0 fully saturated rings. The molecule has 0 aliphatic rings. The molecule has 5 nitrogen and oxygen atoms in total. The summed E-state index contributed by atoms with van der Waals surface area (Å²) in [6.07, 6.45) is -2.91. The fourth-order valence-electron chi connectivity index (χ4n) is 0.791. The number of nitrogens with zero attached hydrogens (tertiary/aromatic N) is 1. The molecule has 0 radical (unpaired) electrons. The summed E-state index contributed by atoms with van der Waals surface area (Å²) in [5.74, 6) is -0.494. The predicted octanol–water partition coefficient (Wildman–Crippen LogP) is -1.78. The molecule has 0 bridgehead atoms. The SMILES string of the molecule is CC(C(=O)C(O)C(O)CO)N(C)C. The van der Waals surface area contributed by atoms with E-state index in [4.69, 9.17) is 10.2 Å². The van der Waals surface area contributed by atoms with Crippen LogP contribution in [0, 0.1) is 0 Å². The van der Waals surface area contributed by atoms with E-state index in [-0.39, 0.29) is 0 Å². The second-order valence-electron chi connectivity index (χ2n) is 3.24. The summed E-state index contributed by atoms with van der Waals surface area (Å²) in [7, 11) is 3.39. The lowest BCUT2D eigenvalue weighted by atomic mass is 10.0. The quantitative estimate of drug-likeness (QED) is 0.478. The van der Waals surface area contributed by atoms with Crippen LogP contribution >= 0.6 is 0 Å². The van der Waals surface area contributed by atoms with Crippen molar-refractivity contribution < 1.29 is 20.1 Å². The molecule has 13 heavy (non-hydrogen) atoms. The maximum absolute atomic E-state index is 11.3. The maximum Gasteiger partial charge on any atom is 0.180 e. The molecule has 3 atom stereocenters. The third-order valence-corrected chi connectivity index (χ3v) is 2.03. The van der Waals surface area contributed by atoms with Gasteiger partial charge in [-0.2, -0.15) is 0 Å². The molecule has 0 rings (SSSR count). The van der Waals surface area contributed by atoms with Gasteiger partial charge in [-0.15, -0.1) is 0 Å². The van der Waals surface area contributed by atoms with E-state index in [2.05, 4.69) is 0 Å². The maximum atomic E-state index is 11.3. The van der Waals surface area contributed by atoms with Crippen molar-refractivity contribution in [2.75, 3.05) is 20.7 Å². The molecule has 0 saturated carbocycles. The van der Waals surface area contributed by atoms with Crippen LogP contribution in [-0.2, 0) is 4.79 Å². The fourth-order valence-corrected chi connectivity index (χ4v) is 0.791.